The van der Waals surface area contributed by atoms with Crippen molar-refractivity contribution >= 4 is 11.6 Å². The number of rotatable bonds is 10. The van der Waals surface area contributed by atoms with Gasteiger partial charge in [0.15, 0.2) is 0 Å². The van der Waals surface area contributed by atoms with E-state index < -0.39 is 0 Å². The van der Waals surface area contributed by atoms with Gasteiger partial charge in [0.25, 0.3) is 0 Å². The molecule has 0 radical (unpaired) electrons. The number of unbranched alkanes of at least 4 members (excludes halogenated alkanes) is 7. The molecule has 23 heavy (non-hydrogen) atoms. The van der Waals surface area contributed by atoms with Gasteiger partial charge in [0.1, 0.15) is 5.15 Å². The third-order valence-corrected chi connectivity index (χ3v) is 4.56. The molecule has 0 atom stereocenters. The molecule has 0 spiro atoms. The normalized spacial score (nSPS) is 10.9. The summed E-state index contributed by atoms with van der Waals surface area (Å²) >= 11 is 5.83. The highest BCUT2D eigenvalue weighted by Gasteiger charge is 2.00. The molecule has 0 bridgehead atoms. The zero-order valence-electron chi connectivity index (χ0n) is 14.2. The molecular formula is C21H28ClN. The van der Waals surface area contributed by atoms with Gasteiger partial charge in [-0.15, -0.1) is 0 Å². The third-order valence-electron chi connectivity index (χ3n) is 4.33. The minimum Gasteiger partial charge on any atom is -0.244 e. The number of benzene rings is 1. The Morgan fingerprint density at radius 3 is 1.96 bits per heavy atom. The summed E-state index contributed by atoms with van der Waals surface area (Å²) in [4.78, 5) is 4.14. The van der Waals surface area contributed by atoms with Gasteiger partial charge >= 0.3 is 0 Å². The van der Waals surface area contributed by atoms with E-state index in [0.717, 1.165) is 5.56 Å². The van der Waals surface area contributed by atoms with Gasteiger partial charge in [-0.3, -0.25) is 0 Å². The van der Waals surface area contributed by atoms with Crippen LogP contribution in [0, 0.1) is 0 Å². The van der Waals surface area contributed by atoms with Crippen LogP contribution in [0.1, 0.15) is 63.9 Å². The molecule has 0 aliphatic rings. The lowest BCUT2D eigenvalue weighted by molar-refractivity contribution is 0.575. The Kier molecular flexibility index (Phi) is 8.17. The van der Waals surface area contributed by atoms with Crippen LogP contribution >= 0.6 is 11.6 Å². The summed E-state index contributed by atoms with van der Waals surface area (Å²) in [6.07, 6.45) is 14.0. The van der Waals surface area contributed by atoms with Gasteiger partial charge in [0.05, 0.1) is 0 Å². The predicted molar refractivity (Wildman–Crippen MR) is 101 cm³/mol. The second-order valence-corrected chi connectivity index (χ2v) is 6.68. The van der Waals surface area contributed by atoms with Gasteiger partial charge < -0.3 is 0 Å². The third kappa shape index (κ3) is 6.74. The van der Waals surface area contributed by atoms with Crippen molar-refractivity contribution in [1.82, 2.24) is 4.98 Å². The molecule has 2 heteroatoms. The van der Waals surface area contributed by atoms with E-state index in [1.54, 1.807) is 0 Å². The molecule has 0 N–H and O–H groups in total. The first kappa shape index (κ1) is 18.0. The monoisotopic (exact) mass is 329 g/mol. The fourth-order valence-electron chi connectivity index (χ4n) is 2.87. The lowest BCUT2D eigenvalue weighted by Gasteiger charge is -2.05. The van der Waals surface area contributed by atoms with Gasteiger partial charge in [0.2, 0.25) is 0 Å². The first-order valence-electron chi connectivity index (χ1n) is 9.00. The van der Waals surface area contributed by atoms with Crippen LogP contribution in [0.5, 0.6) is 0 Å². The van der Waals surface area contributed by atoms with Gasteiger partial charge in [-0.1, -0.05) is 87.7 Å². The second kappa shape index (κ2) is 10.4. The van der Waals surface area contributed by atoms with E-state index in [1.807, 2.05) is 18.3 Å². The van der Waals surface area contributed by atoms with E-state index in [4.69, 9.17) is 11.6 Å². The molecule has 1 heterocycles. The largest absolute Gasteiger partial charge is 0.244 e. The molecule has 0 unspecified atom stereocenters. The average molecular weight is 330 g/mol. The highest BCUT2D eigenvalue weighted by molar-refractivity contribution is 6.29. The Balaban J connectivity index is 1.68. The first-order valence-corrected chi connectivity index (χ1v) is 9.38. The van der Waals surface area contributed by atoms with Crippen molar-refractivity contribution < 1.29 is 0 Å². The fraction of sp³-hybridized carbons (Fsp3) is 0.476. The highest BCUT2D eigenvalue weighted by atomic mass is 35.5. The van der Waals surface area contributed by atoms with E-state index >= 15 is 0 Å². The number of hydrogen-bond donors (Lipinski definition) is 0. The van der Waals surface area contributed by atoms with Crippen molar-refractivity contribution in [2.75, 3.05) is 0 Å². The van der Waals surface area contributed by atoms with Gasteiger partial charge in [-0.2, -0.15) is 0 Å². The zero-order valence-corrected chi connectivity index (χ0v) is 15.0. The molecule has 1 aromatic carbocycles. The molecule has 0 saturated carbocycles. The van der Waals surface area contributed by atoms with Crippen LogP contribution in [0.3, 0.4) is 0 Å². The fourth-order valence-corrected chi connectivity index (χ4v) is 2.99. The van der Waals surface area contributed by atoms with Crippen molar-refractivity contribution in [3.05, 3.63) is 53.3 Å². The van der Waals surface area contributed by atoms with E-state index in [0.29, 0.717) is 5.15 Å². The molecule has 0 aliphatic carbocycles. The molecular weight excluding hydrogens is 302 g/mol. The van der Waals surface area contributed by atoms with Crippen molar-refractivity contribution in [2.24, 2.45) is 0 Å². The van der Waals surface area contributed by atoms with Gasteiger partial charge in [-0.05, 0) is 36.1 Å². The van der Waals surface area contributed by atoms with E-state index in [9.17, 15) is 0 Å². The summed E-state index contributed by atoms with van der Waals surface area (Å²) in [5, 5.41) is 0.542. The summed E-state index contributed by atoms with van der Waals surface area (Å²) in [5.41, 5.74) is 3.75. The lowest BCUT2D eigenvalue weighted by atomic mass is 10.0. The van der Waals surface area contributed by atoms with Crippen LogP contribution in [0.2, 0.25) is 5.15 Å². The zero-order chi connectivity index (χ0) is 16.3. The summed E-state index contributed by atoms with van der Waals surface area (Å²) in [5.74, 6) is 0. The predicted octanol–water partition coefficient (Wildman–Crippen LogP) is 7.09. The number of halogens is 1. The minimum absolute atomic E-state index is 0.542. The van der Waals surface area contributed by atoms with E-state index in [-0.39, 0.29) is 0 Å². The molecule has 1 aromatic heterocycles. The van der Waals surface area contributed by atoms with Crippen molar-refractivity contribution in [3.63, 3.8) is 0 Å². The van der Waals surface area contributed by atoms with Crippen LogP contribution in [-0.4, -0.2) is 4.98 Å². The molecule has 2 aromatic rings. The Labute approximate surface area is 146 Å². The standard InChI is InChI=1S/C21H28ClN/c1-2-3-4-5-6-7-8-9-10-18-11-13-19(14-12-18)20-15-16-21(22)23-17-20/h11-17H,2-10H2,1H3. The number of pyridine rings is 1. The van der Waals surface area contributed by atoms with Crippen LogP contribution in [0.15, 0.2) is 42.6 Å². The maximum atomic E-state index is 5.83. The maximum absolute atomic E-state index is 5.83. The SMILES string of the molecule is CCCCCCCCCCc1ccc(-c2ccc(Cl)nc2)cc1. The molecule has 0 aliphatic heterocycles. The van der Waals surface area contributed by atoms with Crippen LogP contribution in [0.4, 0.5) is 0 Å². The first-order chi connectivity index (χ1) is 11.3. The Morgan fingerprint density at radius 2 is 1.35 bits per heavy atom. The number of nitrogens with zero attached hydrogens (tertiary/aromatic N) is 1. The number of aromatic nitrogens is 1. The summed E-state index contributed by atoms with van der Waals surface area (Å²) in [6.45, 7) is 2.27. The summed E-state index contributed by atoms with van der Waals surface area (Å²) < 4.78 is 0. The van der Waals surface area contributed by atoms with Crippen molar-refractivity contribution in [1.29, 1.82) is 0 Å². The minimum atomic E-state index is 0.542. The highest BCUT2D eigenvalue weighted by Crippen LogP contribution is 2.21. The van der Waals surface area contributed by atoms with Crippen molar-refractivity contribution in [3.8, 4) is 11.1 Å². The van der Waals surface area contributed by atoms with Crippen LogP contribution < -0.4 is 0 Å². The average Bonchev–Trinajstić information content (AvgIpc) is 2.59. The quantitative estimate of drug-likeness (QED) is 0.335. The van der Waals surface area contributed by atoms with E-state index in [1.165, 1.54) is 68.9 Å². The van der Waals surface area contributed by atoms with Gasteiger partial charge in [-0.25, -0.2) is 4.98 Å². The Morgan fingerprint density at radius 1 is 0.739 bits per heavy atom. The molecule has 2 rings (SSSR count). The topological polar surface area (TPSA) is 12.9 Å². The maximum Gasteiger partial charge on any atom is 0.129 e. The molecule has 1 nitrogen and oxygen atoms in total. The van der Waals surface area contributed by atoms with E-state index in [2.05, 4.69) is 36.2 Å². The second-order valence-electron chi connectivity index (χ2n) is 6.29. The Hall–Kier alpha value is -1.34. The molecule has 124 valence electrons. The molecule has 0 saturated heterocycles. The van der Waals surface area contributed by atoms with Crippen molar-refractivity contribution in [2.45, 2.75) is 64.7 Å². The number of hydrogen-bond acceptors (Lipinski definition) is 1. The number of aryl methyl sites for hydroxylation is 1. The van der Waals surface area contributed by atoms with Crippen LogP contribution in [-0.2, 0) is 6.42 Å². The smallest absolute Gasteiger partial charge is 0.129 e. The Bertz CT molecular complexity index is 545. The van der Waals surface area contributed by atoms with Gasteiger partial charge in [0, 0.05) is 11.8 Å². The summed E-state index contributed by atoms with van der Waals surface area (Å²) in [7, 11) is 0. The molecule has 0 fully saturated rings. The van der Waals surface area contributed by atoms with Crippen LogP contribution in [0.25, 0.3) is 11.1 Å². The lowest BCUT2D eigenvalue weighted by Crippen LogP contribution is -1.87. The molecule has 0 amide bonds. The summed E-state index contributed by atoms with van der Waals surface area (Å²) in [6, 6.07) is 12.7.